The molecule has 3 heterocycles. The normalized spacial score (nSPS) is 32.6. The molecule has 1 aliphatic carbocycles. The van der Waals surface area contributed by atoms with Gasteiger partial charge in [-0.05, 0) is 43.7 Å². The number of nitrogens with two attached hydrogens (primary N) is 1. The maximum absolute atomic E-state index is 13.5. The van der Waals surface area contributed by atoms with Crippen LogP contribution in [0.1, 0.15) is 43.4 Å². The Kier molecular flexibility index (Phi) is 5.18. The number of rotatable bonds is 5. The highest BCUT2D eigenvalue weighted by atomic mass is 19.4. The summed E-state index contributed by atoms with van der Waals surface area (Å²) in [6.45, 7) is 2.28. The summed E-state index contributed by atoms with van der Waals surface area (Å²) in [6.07, 6.45) is -2.38. The number of benzene rings is 1. The molecular weight excluding hydrogens is 435 g/mol. The summed E-state index contributed by atoms with van der Waals surface area (Å²) in [7, 11) is 0. The molecule has 7 nitrogen and oxygen atoms in total. The fraction of sp³-hybridized carbons (Fsp3) is 0.609. The van der Waals surface area contributed by atoms with Crippen LogP contribution in [0.5, 0.6) is 0 Å². The van der Waals surface area contributed by atoms with E-state index in [-0.39, 0.29) is 36.0 Å². The summed E-state index contributed by atoms with van der Waals surface area (Å²) in [5, 5.41) is 9.34. The molecule has 33 heavy (non-hydrogen) atoms. The third kappa shape index (κ3) is 3.58. The zero-order chi connectivity index (χ0) is 23.7. The summed E-state index contributed by atoms with van der Waals surface area (Å²) in [5.41, 5.74) is 5.57. The summed E-state index contributed by atoms with van der Waals surface area (Å²) in [4.78, 5) is 31.1. The Morgan fingerprint density at radius 1 is 1.27 bits per heavy atom. The van der Waals surface area contributed by atoms with E-state index in [0.29, 0.717) is 25.3 Å². The number of nitriles is 1. The summed E-state index contributed by atoms with van der Waals surface area (Å²) < 4.78 is 40.5. The van der Waals surface area contributed by atoms with E-state index in [4.69, 9.17) is 5.73 Å². The number of hydrogen-bond acceptors (Lipinski definition) is 5. The second-order valence-electron chi connectivity index (χ2n) is 9.66. The molecule has 7 atom stereocenters. The first-order chi connectivity index (χ1) is 15.6. The Bertz CT molecular complexity index is 1020. The molecule has 10 heteroatoms. The van der Waals surface area contributed by atoms with Gasteiger partial charge < -0.3 is 15.5 Å². The fourth-order valence-electron chi connectivity index (χ4n) is 6.08. The molecule has 2 bridgehead atoms. The number of likely N-dealkylation sites (tertiary alicyclic amines) is 3. The molecule has 0 aromatic heterocycles. The van der Waals surface area contributed by atoms with Crippen LogP contribution >= 0.6 is 0 Å². The van der Waals surface area contributed by atoms with Crippen molar-refractivity contribution in [3.05, 3.63) is 35.4 Å². The first-order valence-electron chi connectivity index (χ1n) is 11.3. The lowest BCUT2D eigenvalue weighted by Crippen LogP contribution is -2.57. The minimum atomic E-state index is -4.50. The molecule has 176 valence electrons. The Balaban J connectivity index is 1.26. The van der Waals surface area contributed by atoms with Gasteiger partial charge in [0, 0.05) is 25.2 Å². The van der Waals surface area contributed by atoms with Gasteiger partial charge in [0.1, 0.15) is 6.04 Å². The van der Waals surface area contributed by atoms with Crippen LogP contribution in [0.2, 0.25) is 0 Å². The van der Waals surface area contributed by atoms with Gasteiger partial charge in [0.25, 0.3) is 0 Å². The number of fused-ring (bicyclic) bond motifs is 3. The molecule has 1 saturated carbocycles. The Hall–Kier alpha value is -2.64. The lowest BCUT2D eigenvalue weighted by atomic mass is 9.99. The molecule has 2 N–H and O–H groups in total. The Morgan fingerprint density at radius 2 is 2.00 bits per heavy atom. The predicted molar refractivity (Wildman–Crippen MR) is 111 cm³/mol. The summed E-state index contributed by atoms with van der Waals surface area (Å²) in [6, 6.07) is 4.93. The minimum absolute atomic E-state index is 0.0832. The number of carbonyl (C=O) groups is 2. The highest BCUT2D eigenvalue weighted by Gasteiger charge is 2.56. The van der Waals surface area contributed by atoms with Gasteiger partial charge in [0.15, 0.2) is 0 Å². The van der Waals surface area contributed by atoms with Crippen LogP contribution in [0.15, 0.2) is 24.3 Å². The Morgan fingerprint density at radius 3 is 2.67 bits per heavy atom. The first-order valence-corrected chi connectivity index (χ1v) is 11.3. The number of nitrogens with zero attached hydrogens (tertiary/aromatic N) is 4. The number of hydrogen-bond donors (Lipinski definition) is 1. The van der Waals surface area contributed by atoms with E-state index in [1.807, 2.05) is 4.90 Å². The number of piperidine rings is 1. The molecule has 2 amide bonds. The van der Waals surface area contributed by atoms with Gasteiger partial charge in [-0.15, -0.1) is 0 Å². The van der Waals surface area contributed by atoms with Gasteiger partial charge in [0.05, 0.1) is 29.8 Å². The van der Waals surface area contributed by atoms with Crippen molar-refractivity contribution >= 4 is 11.8 Å². The monoisotopic (exact) mass is 461 g/mol. The second kappa shape index (κ2) is 7.71. The maximum Gasteiger partial charge on any atom is 0.416 e. The number of alkyl halides is 3. The van der Waals surface area contributed by atoms with Crippen molar-refractivity contribution in [3.63, 3.8) is 0 Å². The van der Waals surface area contributed by atoms with Crippen molar-refractivity contribution in [2.24, 2.45) is 11.7 Å². The van der Waals surface area contributed by atoms with Crippen LogP contribution in [0.4, 0.5) is 13.2 Å². The lowest BCUT2D eigenvalue weighted by Gasteiger charge is -2.39. The van der Waals surface area contributed by atoms with E-state index in [9.17, 15) is 28.0 Å². The van der Waals surface area contributed by atoms with Crippen molar-refractivity contribution in [3.8, 4) is 6.07 Å². The van der Waals surface area contributed by atoms with Gasteiger partial charge >= 0.3 is 6.18 Å². The molecule has 0 radical (unpaired) electrons. The smallest absolute Gasteiger partial charge is 0.330 e. The number of amides is 2. The van der Waals surface area contributed by atoms with Crippen LogP contribution in [-0.2, 0) is 15.8 Å². The fourth-order valence-corrected chi connectivity index (χ4v) is 6.08. The SMILES string of the molecule is C[C@@H](c1ccccc1C(F)(F)F)N1C(=O)[C@H]2C[C@H]1CN2C[C@H](N)C(=O)N1[C@H](C#N)C[C@@H]2C[C@@H]21. The quantitative estimate of drug-likeness (QED) is 0.723. The van der Waals surface area contributed by atoms with Crippen LogP contribution < -0.4 is 5.73 Å². The van der Waals surface area contributed by atoms with Crippen molar-refractivity contribution in [2.75, 3.05) is 13.1 Å². The van der Waals surface area contributed by atoms with Crippen molar-refractivity contribution in [2.45, 2.75) is 68.6 Å². The third-order valence-corrected chi connectivity index (χ3v) is 7.70. The van der Waals surface area contributed by atoms with Crippen LogP contribution in [0, 0.1) is 17.2 Å². The number of carbonyl (C=O) groups excluding carboxylic acids is 2. The highest BCUT2D eigenvalue weighted by Crippen LogP contribution is 2.48. The molecule has 1 aromatic rings. The zero-order valence-electron chi connectivity index (χ0n) is 18.2. The second-order valence-corrected chi connectivity index (χ2v) is 9.66. The highest BCUT2D eigenvalue weighted by molar-refractivity contribution is 5.87. The average Bonchev–Trinajstić information content (AvgIpc) is 3.11. The van der Waals surface area contributed by atoms with Crippen LogP contribution in [0.25, 0.3) is 0 Å². The van der Waals surface area contributed by atoms with Gasteiger partial charge in [-0.25, -0.2) is 0 Å². The number of piperazine rings is 1. The molecule has 0 unspecified atom stereocenters. The van der Waals surface area contributed by atoms with E-state index in [1.165, 1.54) is 12.1 Å². The number of halogens is 3. The third-order valence-electron chi connectivity index (χ3n) is 7.70. The van der Waals surface area contributed by atoms with E-state index in [2.05, 4.69) is 6.07 Å². The lowest BCUT2D eigenvalue weighted by molar-refractivity contribution is -0.143. The van der Waals surface area contributed by atoms with Crippen LogP contribution in [0.3, 0.4) is 0 Å². The van der Waals surface area contributed by atoms with Gasteiger partial charge in [0.2, 0.25) is 11.8 Å². The summed E-state index contributed by atoms with van der Waals surface area (Å²) >= 11 is 0. The van der Waals surface area contributed by atoms with Gasteiger partial charge in [-0.2, -0.15) is 18.4 Å². The minimum Gasteiger partial charge on any atom is -0.330 e. The molecule has 5 rings (SSSR count). The van der Waals surface area contributed by atoms with Gasteiger partial charge in [-0.3, -0.25) is 14.5 Å². The Labute approximate surface area is 189 Å². The standard InChI is InChI=1S/C23H26F3N5O2/c1-12(16-4-2-3-5-17(16)23(24,25)26)30-15-8-20(22(30)33)29(10-15)11-18(28)21(32)31-14(9-27)6-13-7-19(13)31/h2-5,12-15,18-20H,6-8,10-11,28H2,1H3/t12-,13+,14-,15-,18-,19-,20+/m0/s1. The summed E-state index contributed by atoms with van der Waals surface area (Å²) in [5.74, 6) is -0.0930. The first kappa shape index (κ1) is 22.2. The average molecular weight is 461 g/mol. The molecule has 1 aromatic carbocycles. The van der Waals surface area contributed by atoms with E-state index in [0.717, 1.165) is 12.5 Å². The molecule has 0 spiro atoms. The molecule has 3 saturated heterocycles. The van der Waals surface area contributed by atoms with Crippen molar-refractivity contribution in [1.82, 2.24) is 14.7 Å². The van der Waals surface area contributed by atoms with Crippen LogP contribution in [-0.4, -0.2) is 69.8 Å². The molecule has 3 aliphatic heterocycles. The zero-order valence-corrected chi connectivity index (χ0v) is 18.2. The molecule has 4 fully saturated rings. The molecule has 4 aliphatic rings. The van der Waals surface area contributed by atoms with Gasteiger partial charge in [-0.1, -0.05) is 18.2 Å². The largest absolute Gasteiger partial charge is 0.416 e. The van der Waals surface area contributed by atoms with Crippen molar-refractivity contribution < 1.29 is 22.8 Å². The van der Waals surface area contributed by atoms with E-state index in [1.54, 1.807) is 22.8 Å². The topological polar surface area (TPSA) is 93.7 Å². The van der Waals surface area contributed by atoms with E-state index < -0.39 is 35.9 Å². The maximum atomic E-state index is 13.5. The van der Waals surface area contributed by atoms with E-state index >= 15 is 0 Å². The molecular formula is C23H26F3N5O2. The van der Waals surface area contributed by atoms with Crippen molar-refractivity contribution in [1.29, 1.82) is 5.26 Å². The predicted octanol–water partition coefficient (Wildman–Crippen LogP) is 1.89.